The average molecular weight is 400 g/mol. The van der Waals surface area contributed by atoms with Crippen LogP contribution in [0.3, 0.4) is 0 Å². The second-order valence-electron chi connectivity index (χ2n) is 7.29. The van der Waals surface area contributed by atoms with Crippen molar-refractivity contribution in [2.45, 2.75) is 56.9 Å². The summed E-state index contributed by atoms with van der Waals surface area (Å²) in [7, 11) is -2.09. The van der Waals surface area contributed by atoms with Crippen LogP contribution >= 0.6 is 0 Å². The SMILES string of the molecule is CCCC[C@H](NC(=O)c1cc(S(=O)(=O)N2CCCC(C)C2)cn1C)C(=O)O. The second-order valence-corrected chi connectivity index (χ2v) is 9.23. The van der Waals surface area contributed by atoms with Crippen LogP contribution in [0.4, 0.5) is 0 Å². The number of carbonyl (C=O) groups is 2. The monoisotopic (exact) mass is 399 g/mol. The minimum absolute atomic E-state index is 0.0599. The molecule has 0 aliphatic carbocycles. The van der Waals surface area contributed by atoms with Crippen LogP contribution in [-0.2, 0) is 21.9 Å². The number of carboxylic acids is 1. The molecule has 8 nitrogen and oxygen atoms in total. The van der Waals surface area contributed by atoms with Crippen molar-refractivity contribution in [3.8, 4) is 0 Å². The molecule has 0 radical (unpaired) electrons. The maximum atomic E-state index is 12.9. The zero-order valence-corrected chi connectivity index (χ0v) is 17.0. The lowest BCUT2D eigenvalue weighted by molar-refractivity contribution is -0.139. The molecule has 1 fully saturated rings. The molecule has 1 aliphatic rings. The Labute approximate surface area is 160 Å². The van der Waals surface area contributed by atoms with Crippen LogP contribution in [0.1, 0.15) is 56.4 Å². The first-order valence-electron chi connectivity index (χ1n) is 9.37. The number of nitrogens with zero attached hydrogens (tertiary/aromatic N) is 2. The number of rotatable bonds is 8. The summed E-state index contributed by atoms with van der Waals surface area (Å²) in [6, 6.07) is 0.332. The molecular weight excluding hydrogens is 370 g/mol. The number of unbranched alkanes of at least 4 members (excludes halogenated alkanes) is 1. The standard InChI is InChI=1S/C18H29N3O5S/c1-4-5-8-15(18(23)24)19-17(22)16-10-14(12-20(16)3)27(25,26)21-9-6-7-13(2)11-21/h10,12-13,15H,4-9,11H2,1-3H3,(H,19,22)(H,23,24)/t13?,15-/m0/s1. The Morgan fingerprint density at radius 2 is 2.11 bits per heavy atom. The van der Waals surface area contributed by atoms with Crippen molar-refractivity contribution in [1.82, 2.24) is 14.2 Å². The lowest BCUT2D eigenvalue weighted by Gasteiger charge is -2.29. The quantitative estimate of drug-likeness (QED) is 0.693. The average Bonchev–Trinajstić information content (AvgIpc) is 3.01. The maximum absolute atomic E-state index is 12.9. The van der Waals surface area contributed by atoms with E-state index in [0.29, 0.717) is 31.8 Å². The maximum Gasteiger partial charge on any atom is 0.326 e. The zero-order valence-electron chi connectivity index (χ0n) is 16.1. The van der Waals surface area contributed by atoms with Gasteiger partial charge in [0.15, 0.2) is 0 Å². The molecule has 1 aromatic rings. The predicted octanol–water partition coefficient (Wildman–Crippen LogP) is 1.82. The van der Waals surface area contributed by atoms with Gasteiger partial charge in [-0.1, -0.05) is 26.7 Å². The third kappa shape index (κ3) is 5.10. The number of hydrogen-bond donors (Lipinski definition) is 2. The minimum Gasteiger partial charge on any atom is -0.480 e. The Bertz CT molecular complexity index is 787. The Balaban J connectivity index is 2.19. The third-order valence-corrected chi connectivity index (χ3v) is 6.75. The lowest BCUT2D eigenvalue weighted by atomic mass is 10.0. The van der Waals surface area contributed by atoms with Crippen LogP contribution in [0, 0.1) is 5.92 Å². The molecule has 152 valence electrons. The number of nitrogens with one attached hydrogen (secondary N) is 1. The number of amides is 1. The number of aliphatic carboxylic acids is 1. The fraction of sp³-hybridized carbons (Fsp3) is 0.667. The molecule has 27 heavy (non-hydrogen) atoms. The number of aryl methyl sites for hydroxylation is 1. The van der Waals surface area contributed by atoms with Gasteiger partial charge in [0.2, 0.25) is 10.0 Å². The fourth-order valence-corrected chi connectivity index (χ4v) is 4.98. The molecule has 0 bridgehead atoms. The highest BCUT2D eigenvalue weighted by atomic mass is 32.2. The minimum atomic E-state index is -3.67. The van der Waals surface area contributed by atoms with Gasteiger partial charge in [-0.05, 0) is 31.2 Å². The number of carbonyl (C=O) groups excluding carboxylic acids is 1. The molecule has 1 unspecified atom stereocenters. The molecular formula is C18H29N3O5S. The van der Waals surface area contributed by atoms with Gasteiger partial charge in [-0.15, -0.1) is 0 Å². The molecule has 0 saturated carbocycles. The zero-order chi connectivity index (χ0) is 20.2. The molecule has 2 heterocycles. The van der Waals surface area contributed by atoms with Gasteiger partial charge >= 0.3 is 5.97 Å². The molecule has 2 N–H and O–H groups in total. The summed E-state index contributed by atoms with van der Waals surface area (Å²) in [6.45, 7) is 4.91. The van der Waals surface area contributed by atoms with Gasteiger partial charge in [0.05, 0.1) is 0 Å². The molecule has 1 saturated heterocycles. The Morgan fingerprint density at radius 1 is 1.41 bits per heavy atom. The van der Waals surface area contributed by atoms with E-state index in [1.807, 2.05) is 13.8 Å². The number of sulfonamides is 1. The van der Waals surface area contributed by atoms with E-state index >= 15 is 0 Å². The number of hydrogen-bond acceptors (Lipinski definition) is 4. The van der Waals surface area contributed by atoms with E-state index < -0.39 is 27.9 Å². The fourth-order valence-electron chi connectivity index (χ4n) is 3.31. The molecule has 0 spiro atoms. The molecule has 1 aromatic heterocycles. The van der Waals surface area contributed by atoms with Crippen molar-refractivity contribution in [2.75, 3.05) is 13.1 Å². The van der Waals surface area contributed by atoms with E-state index in [1.54, 1.807) is 7.05 Å². The van der Waals surface area contributed by atoms with Crippen LogP contribution in [-0.4, -0.2) is 53.4 Å². The van der Waals surface area contributed by atoms with Crippen molar-refractivity contribution >= 4 is 21.9 Å². The summed E-state index contributed by atoms with van der Waals surface area (Å²) in [5, 5.41) is 11.8. The van der Waals surface area contributed by atoms with Crippen molar-refractivity contribution < 1.29 is 23.1 Å². The van der Waals surface area contributed by atoms with Gasteiger partial charge in [0, 0.05) is 26.3 Å². The predicted molar refractivity (Wildman–Crippen MR) is 101 cm³/mol. The first kappa shape index (κ1) is 21.4. The van der Waals surface area contributed by atoms with Gasteiger partial charge in [-0.25, -0.2) is 13.2 Å². The molecule has 9 heteroatoms. The van der Waals surface area contributed by atoms with E-state index in [1.165, 1.54) is 21.1 Å². The van der Waals surface area contributed by atoms with E-state index in [9.17, 15) is 23.1 Å². The van der Waals surface area contributed by atoms with Gasteiger partial charge < -0.3 is 15.0 Å². The summed E-state index contributed by atoms with van der Waals surface area (Å²) < 4.78 is 28.6. The highest BCUT2D eigenvalue weighted by Crippen LogP contribution is 2.24. The highest BCUT2D eigenvalue weighted by Gasteiger charge is 2.31. The molecule has 0 aromatic carbocycles. The summed E-state index contributed by atoms with van der Waals surface area (Å²) in [5.41, 5.74) is 0.126. The first-order chi connectivity index (χ1) is 12.7. The van der Waals surface area contributed by atoms with Crippen LogP contribution in [0.15, 0.2) is 17.2 Å². The number of carboxylic acid groups (broad SMARTS) is 1. The van der Waals surface area contributed by atoms with Gasteiger partial charge in [0.1, 0.15) is 16.6 Å². The number of aromatic nitrogens is 1. The Morgan fingerprint density at radius 3 is 2.70 bits per heavy atom. The summed E-state index contributed by atoms with van der Waals surface area (Å²) in [4.78, 5) is 23.9. The second kappa shape index (κ2) is 8.88. The first-order valence-corrected chi connectivity index (χ1v) is 10.8. The Kier molecular flexibility index (Phi) is 7.05. The van der Waals surface area contributed by atoms with Crippen molar-refractivity contribution in [1.29, 1.82) is 0 Å². The van der Waals surface area contributed by atoms with E-state index in [-0.39, 0.29) is 10.6 Å². The van der Waals surface area contributed by atoms with Gasteiger partial charge in [-0.3, -0.25) is 4.79 Å². The van der Waals surface area contributed by atoms with Crippen LogP contribution in [0.5, 0.6) is 0 Å². The van der Waals surface area contributed by atoms with Gasteiger partial charge in [0.25, 0.3) is 5.91 Å². The topological polar surface area (TPSA) is 109 Å². The lowest BCUT2D eigenvalue weighted by Crippen LogP contribution is -2.41. The van der Waals surface area contributed by atoms with E-state index in [4.69, 9.17) is 0 Å². The molecule has 2 atom stereocenters. The molecule has 1 aliphatic heterocycles. The smallest absolute Gasteiger partial charge is 0.326 e. The van der Waals surface area contributed by atoms with Crippen molar-refractivity contribution in [2.24, 2.45) is 13.0 Å². The highest BCUT2D eigenvalue weighted by molar-refractivity contribution is 7.89. The summed E-state index contributed by atoms with van der Waals surface area (Å²) in [5.74, 6) is -1.38. The normalized spacial score (nSPS) is 19.6. The largest absolute Gasteiger partial charge is 0.480 e. The van der Waals surface area contributed by atoms with Crippen LogP contribution < -0.4 is 5.32 Å². The van der Waals surface area contributed by atoms with Crippen molar-refractivity contribution in [3.63, 3.8) is 0 Å². The van der Waals surface area contributed by atoms with E-state index in [0.717, 1.165) is 19.3 Å². The van der Waals surface area contributed by atoms with Crippen LogP contribution in [0.2, 0.25) is 0 Å². The summed E-state index contributed by atoms with van der Waals surface area (Å²) in [6.07, 6.45) is 5.06. The van der Waals surface area contributed by atoms with E-state index in [2.05, 4.69) is 5.32 Å². The Hall–Kier alpha value is -1.87. The summed E-state index contributed by atoms with van der Waals surface area (Å²) >= 11 is 0. The molecule has 1 amide bonds. The van der Waals surface area contributed by atoms with Gasteiger partial charge in [-0.2, -0.15) is 4.31 Å². The van der Waals surface area contributed by atoms with Crippen LogP contribution in [0.25, 0.3) is 0 Å². The number of piperidine rings is 1. The third-order valence-electron chi connectivity index (χ3n) is 4.92. The molecule has 2 rings (SSSR count). The van der Waals surface area contributed by atoms with Crippen molar-refractivity contribution in [3.05, 3.63) is 18.0 Å².